The summed E-state index contributed by atoms with van der Waals surface area (Å²) in [5, 5.41) is 13.1. The first-order valence-corrected chi connectivity index (χ1v) is 10.6. The third-order valence-electron chi connectivity index (χ3n) is 4.37. The molecule has 162 valence electrons. The van der Waals surface area contributed by atoms with Gasteiger partial charge < -0.3 is 14.8 Å². The van der Waals surface area contributed by atoms with Gasteiger partial charge in [0.15, 0.2) is 11.5 Å². The van der Waals surface area contributed by atoms with Crippen LogP contribution in [0.3, 0.4) is 0 Å². The molecular formula is C25H20Cl2N2O3. The van der Waals surface area contributed by atoms with Crippen LogP contribution in [0.5, 0.6) is 11.5 Å². The molecule has 0 fully saturated rings. The Morgan fingerprint density at radius 3 is 2.44 bits per heavy atom. The van der Waals surface area contributed by atoms with Crippen LogP contribution in [0.25, 0.3) is 6.08 Å². The zero-order valence-electron chi connectivity index (χ0n) is 17.3. The number of benzene rings is 3. The molecule has 0 aliphatic carbocycles. The molecule has 0 atom stereocenters. The second kappa shape index (κ2) is 11.2. The fourth-order valence-corrected chi connectivity index (χ4v) is 3.34. The van der Waals surface area contributed by atoms with E-state index in [9.17, 15) is 10.1 Å². The molecule has 0 heterocycles. The Bertz CT molecular complexity index is 1170. The van der Waals surface area contributed by atoms with E-state index in [0.717, 1.165) is 5.56 Å². The van der Waals surface area contributed by atoms with Gasteiger partial charge in [0, 0.05) is 16.3 Å². The highest BCUT2D eigenvalue weighted by molar-refractivity contribution is 6.32. The molecule has 3 aromatic carbocycles. The molecule has 5 nitrogen and oxygen atoms in total. The van der Waals surface area contributed by atoms with Crippen LogP contribution in [-0.4, -0.2) is 12.5 Å². The van der Waals surface area contributed by atoms with Crippen molar-refractivity contribution in [3.05, 3.63) is 93.5 Å². The first-order chi connectivity index (χ1) is 15.5. The van der Waals surface area contributed by atoms with Gasteiger partial charge in [-0.15, -0.1) is 0 Å². The maximum absolute atomic E-state index is 12.5. The van der Waals surface area contributed by atoms with E-state index in [1.165, 1.54) is 6.08 Å². The molecule has 1 amide bonds. The van der Waals surface area contributed by atoms with Crippen molar-refractivity contribution < 1.29 is 14.3 Å². The van der Waals surface area contributed by atoms with Gasteiger partial charge in [-0.3, -0.25) is 4.79 Å². The lowest BCUT2D eigenvalue weighted by molar-refractivity contribution is -0.112. The summed E-state index contributed by atoms with van der Waals surface area (Å²) in [4.78, 5) is 12.5. The number of nitrogens with one attached hydrogen (secondary N) is 1. The van der Waals surface area contributed by atoms with Gasteiger partial charge in [-0.2, -0.15) is 5.26 Å². The van der Waals surface area contributed by atoms with Gasteiger partial charge in [0.25, 0.3) is 5.91 Å². The average molecular weight is 467 g/mol. The zero-order valence-corrected chi connectivity index (χ0v) is 18.8. The van der Waals surface area contributed by atoms with E-state index in [0.29, 0.717) is 34.4 Å². The predicted octanol–water partition coefficient (Wildman–Crippen LogP) is 6.52. The van der Waals surface area contributed by atoms with Gasteiger partial charge in [0.05, 0.1) is 11.6 Å². The van der Waals surface area contributed by atoms with Crippen molar-refractivity contribution in [2.24, 2.45) is 0 Å². The Hall–Kier alpha value is -3.46. The summed E-state index contributed by atoms with van der Waals surface area (Å²) >= 11 is 12.7. The third kappa shape index (κ3) is 6.04. The number of carbonyl (C=O) groups is 1. The summed E-state index contributed by atoms with van der Waals surface area (Å²) in [7, 11) is 0. The number of hydrogen-bond acceptors (Lipinski definition) is 4. The lowest BCUT2D eigenvalue weighted by Crippen LogP contribution is -2.13. The van der Waals surface area contributed by atoms with Crippen molar-refractivity contribution in [1.29, 1.82) is 5.26 Å². The summed E-state index contributed by atoms with van der Waals surface area (Å²) in [6.07, 6.45) is 1.45. The van der Waals surface area contributed by atoms with Crippen molar-refractivity contribution in [2.75, 3.05) is 11.9 Å². The van der Waals surface area contributed by atoms with Crippen LogP contribution >= 0.6 is 23.2 Å². The van der Waals surface area contributed by atoms with Crippen molar-refractivity contribution >= 4 is 40.9 Å². The quantitative estimate of drug-likeness (QED) is 0.303. The highest BCUT2D eigenvalue weighted by Crippen LogP contribution is 2.38. The molecule has 3 rings (SSSR count). The number of para-hydroxylation sites is 1. The molecule has 0 aliphatic heterocycles. The Morgan fingerprint density at radius 1 is 1.03 bits per heavy atom. The van der Waals surface area contributed by atoms with Crippen molar-refractivity contribution in [1.82, 2.24) is 0 Å². The standard InChI is InChI=1S/C25H20Cl2N2O3/c1-2-31-23-14-17(12-19(15-28)25(30)29-20-9-4-3-5-10-20)13-22(27)24(23)32-16-18-8-6-7-11-21(18)26/h3-14H,2,16H2,1H3,(H,29,30)/b19-12+. The maximum Gasteiger partial charge on any atom is 0.266 e. The van der Waals surface area contributed by atoms with Crippen LogP contribution in [0.15, 0.2) is 72.3 Å². The summed E-state index contributed by atoms with van der Waals surface area (Å²) in [6.45, 7) is 2.42. The number of nitriles is 1. The Kier molecular flexibility index (Phi) is 8.15. The molecule has 0 spiro atoms. The fourth-order valence-electron chi connectivity index (χ4n) is 2.87. The lowest BCUT2D eigenvalue weighted by atomic mass is 10.1. The number of rotatable bonds is 8. The molecule has 0 unspecified atom stereocenters. The van der Waals surface area contributed by atoms with Crippen LogP contribution in [0, 0.1) is 11.3 Å². The summed E-state index contributed by atoms with van der Waals surface area (Å²) < 4.78 is 11.6. The van der Waals surface area contributed by atoms with E-state index in [-0.39, 0.29) is 17.2 Å². The number of hydrogen-bond donors (Lipinski definition) is 1. The van der Waals surface area contributed by atoms with E-state index in [4.69, 9.17) is 32.7 Å². The second-order valence-corrected chi connectivity index (χ2v) is 7.45. The van der Waals surface area contributed by atoms with Crippen LogP contribution in [0.4, 0.5) is 5.69 Å². The number of nitrogens with zero attached hydrogens (tertiary/aromatic N) is 1. The van der Waals surface area contributed by atoms with E-state index >= 15 is 0 Å². The monoisotopic (exact) mass is 466 g/mol. The van der Waals surface area contributed by atoms with Gasteiger partial charge in [-0.25, -0.2) is 0 Å². The molecule has 0 bridgehead atoms. The van der Waals surface area contributed by atoms with Crippen molar-refractivity contribution in [2.45, 2.75) is 13.5 Å². The fraction of sp³-hybridized carbons (Fsp3) is 0.120. The topological polar surface area (TPSA) is 71.3 Å². The minimum absolute atomic E-state index is 0.0721. The Morgan fingerprint density at radius 2 is 1.75 bits per heavy atom. The molecule has 0 saturated heterocycles. The minimum atomic E-state index is -0.521. The molecule has 0 saturated carbocycles. The smallest absolute Gasteiger partial charge is 0.266 e. The van der Waals surface area contributed by atoms with Crippen molar-refractivity contribution in [3.8, 4) is 17.6 Å². The van der Waals surface area contributed by atoms with Gasteiger partial charge in [-0.05, 0) is 48.9 Å². The molecule has 0 aromatic heterocycles. The van der Waals surface area contributed by atoms with Gasteiger partial charge in [0.1, 0.15) is 18.2 Å². The summed E-state index contributed by atoms with van der Waals surface area (Å²) in [5.41, 5.74) is 1.86. The number of halogens is 2. The zero-order chi connectivity index (χ0) is 22.9. The summed E-state index contributed by atoms with van der Waals surface area (Å²) in [5.74, 6) is 0.240. The van der Waals surface area contributed by atoms with Crippen LogP contribution in [-0.2, 0) is 11.4 Å². The Balaban J connectivity index is 1.86. The van der Waals surface area contributed by atoms with Gasteiger partial charge in [0.2, 0.25) is 0 Å². The number of ether oxygens (including phenoxy) is 2. The highest BCUT2D eigenvalue weighted by atomic mass is 35.5. The third-order valence-corrected chi connectivity index (χ3v) is 5.02. The van der Waals surface area contributed by atoms with Crippen molar-refractivity contribution in [3.63, 3.8) is 0 Å². The van der Waals surface area contributed by atoms with Gasteiger partial charge in [-0.1, -0.05) is 59.6 Å². The molecule has 7 heteroatoms. The van der Waals surface area contributed by atoms with E-state index < -0.39 is 5.91 Å². The van der Waals surface area contributed by atoms with Crippen LogP contribution in [0.2, 0.25) is 10.0 Å². The average Bonchev–Trinajstić information content (AvgIpc) is 2.79. The number of amides is 1. The molecule has 3 aromatic rings. The van der Waals surface area contributed by atoms with Gasteiger partial charge >= 0.3 is 0 Å². The molecule has 32 heavy (non-hydrogen) atoms. The first-order valence-electron chi connectivity index (χ1n) is 9.82. The Labute approximate surface area is 196 Å². The van der Waals surface area contributed by atoms with Crippen LogP contribution < -0.4 is 14.8 Å². The molecule has 0 radical (unpaired) electrons. The normalized spacial score (nSPS) is 10.9. The minimum Gasteiger partial charge on any atom is -0.490 e. The van der Waals surface area contributed by atoms with E-state index in [1.807, 2.05) is 37.3 Å². The molecule has 1 N–H and O–H groups in total. The highest BCUT2D eigenvalue weighted by Gasteiger charge is 2.15. The van der Waals surface area contributed by atoms with Crippen LogP contribution in [0.1, 0.15) is 18.1 Å². The first kappa shape index (κ1) is 23.2. The predicted molar refractivity (Wildman–Crippen MR) is 127 cm³/mol. The number of anilines is 1. The second-order valence-electron chi connectivity index (χ2n) is 6.63. The SMILES string of the molecule is CCOc1cc(/C=C(\C#N)C(=O)Nc2ccccc2)cc(Cl)c1OCc1ccccc1Cl. The maximum atomic E-state index is 12.5. The number of carbonyl (C=O) groups excluding carboxylic acids is 1. The largest absolute Gasteiger partial charge is 0.490 e. The summed E-state index contributed by atoms with van der Waals surface area (Å²) in [6, 6.07) is 21.5. The van der Waals surface area contributed by atoms with E-state index in [1.54, 1.807) is 42.5 Å². The lowest BCUT2D eigenvalue weighted by Gasteiger charge is -2.15. The molecular weight excluding hydrogens is 447 g/mol. The molecule has 0 aliphatic rings. The van der Waals surface area contributed by atoms with E-state index in [2.05, 4.69) is 5.32 Å².